The van der Waals surface area contributed by atoms with E-state index in [2.05, 4.69) is 10.1 Å². The fraction of sp³-hybridized carbons (Fsp3) is 0.467. The first-order chi connectivity index (χ1) is 9.73. The molecular weight excluding hydrogens is 274 g/mol. The van der Waals surface area contributed by atoms with E-state index in [0.29, 0.717) is 11.1 Å². The summed E-state index contributed by atoms with van der Waals surface area (Å²) in [5, 5.41) is 12.5. The highest BCUT2D eigenvalue weighted by Crippen LogP contribution is 2.14. The van der Waals surface area contributed by atoms with Crippen molar-refractivity contribution in [2.24, 2.45) is 0 Å². The van der Waals surface area contributed by atoms with Crippen molar-refractivity contribution < 1.29 is 24.2 Å². The maximum atomic E-state index is 11.5. The number of aliphatic hydroxyl groups is 1. The monoisotopic (exact) mass is 295 g/mol. The van der Waals surface area contributed by atoms with Gasteiger partial charge in [-0.3, -0.25) is 0 Å². The number of rotatable bonds is 4. The molecule has 6 heteroatoms. The first-order valence-corrected chi connectivity index (χ1v) is 6.56. The van der Waals surface area contributed by atoms with Crippen molar-refractivity contribution in [3.8, 4) is 0 Å². The van der Waals surface area contributed by atoms with Crippen molar-refractivity contribution in [2.45, 2.75) is 32.5 Å². The molecular formula is C15H21NO5. The van der Waals surface area contributed by atoms with E-state index in [4.69, 9.17) is 4.74 Å². The van der Waals surface area contributed by atoms with Crippen LogP contribution in [0, 0.1) is 0 Å². The standard InChI is InChI=1S/C15H21NO5/c1-15(2,3)21-14(19)16-9-12(17)10-5-7-11(8-6-10)13(18)20-4/h5-8,12,17H,9H2,1-4H3,(H,16,19)/t12-/m1/s1. The Morgan fingerprint density at radius 1 is 1.24 bits per heavy atom. The molecule has 1 aromatic rings. The van der Waals surface area contributed by atoms with Gasteiger partial charge in [0.2, 0.25) is 0 Å². The van der Waals surface area contributed by atoms with E-state index in [0.717, 1.165) is 0 Å². The normalized spacial score (nSPS) is 12.4. The molecule has 1 atom stereocenters. The van der Waals surface area contributed by atoms with Gasteiger partial charge in [-0.2, -0.15) is 0 Å². The molecule has 0 unspecified atom stereocenters. The van der Waals surface area contributed by atoms with Crippen LogP contribution in [0.25, 0.3) is 0 Å². The molecule has 1 rings (SSSR count). The molecule has 0 heterocycles. The van der Waals surface area contributed by atoms with Crippen LogP contribution in [0.4, 0.5) is 4.79 Å². The molecule has 0 fully saturated rings. The molecule has 1 amide bonds. The Labute approximate surface area is 124 Å². The second-order valence-corrected chi connectivity index (χ2v) is 5.51. The number of carbonyl (C=O) groups is 2. The molecule has 0 aliphatic carbocycles. The van der Waals surface area contributed by atoms with E-state index in [1.54, 1.807) is 45.0 Å². The van der Waals surface area contributed by atoms with Gasteiger partial charge in [-0.15, -0.1) is 0 Å². The Bertz CT molecular complexity index is 490. The number of aliphatic hydroxyl groups excluding tert-OH is 1. The zero-order valence-corrected chi connectivity index (χ0v) is 12.7. The third kappa shape index (κ3) is 5.83. The highest BCUT2D eigenvalue weighted by Gasteiger charge is 2.17. The molecule has 0 saturated carbocycles. The number of carbonyl (C=O) groups excluding carboxylic acids is 2. The van der Waals surface area contributed by atoms with Gasteiger partial charge in [0.05, 0.1) is 25.3 Å². The number of methoxy groups -OCH3 is 1. The fourth-order valence-electron chi connectivity index (χ4n) is 1.57. The second kappa shape index (κ2) is 7.08. The van der Waals surface area contributed by atoms with E-state index < -0.39 is 23.8 Å². The van der Waals surface area contributed by atoms with E-state index in [1.165, 1.54) is 7.11 Å². The van der Waals surface area contributed by atoms with Crippen LogP contribution in [0.2, 0.25) is 0 Å². The zero-order valence-electron chi connectivity index (χ0n) is 12.7. The molecule has 116 valence electrons. The van der Waals surface area contributed by atoms with Crippen molar-refractivity contribution in [3.63, 3.8) is 0 Å². The van der Waals surface area contributed by atoms with Gasteiger partial charge >= 0.3 is 12.1 Å². The maximum absolute atomic E-state index is 11.5. The van der Waals surface area contributed by atoms with Gasteiger partial charge in [0, 0.05) is 0 Å². The smallest absolute Gasteiger partial charge is 0.407 e. The third-order valence-electron chi connectivity index (χ3n) is 2.56. The third-order valence-corrected chi connectivity index (χ3v) is 2.56. The lowest BCUT2D eigenvalue weighted by molar-refractivity contribution is 0.0491. The number of hydrogen-bond acceptors (Lipinski definition) is 5. The first kappa shape index (κ1) is 17.0. The van der Waals surface area contributed by atoms with Crippen LogP contribution in [-0.4, -0.2) is 36.4 Å². The number of hydrogen-bond donors (Lipinski definition) is 2. The summed E-state index contributed by atoms with van der Waals surface area (Å²) in [7, 11) is 1.30. The van der Waals surface area contributed by atoms with Crippen molar-refractivity contribution in [1.29, 1.82) is 0 Å². The quantitative estimate of drug-likeness (QED) is 0.830. The van der Waals surface area contributed by atoms with E-state index in [-0.39, 0.29) is 6.54 Å². The summed E-state index contributed by atoms with van der Waals surface area (Å²) < 4.78 is 9.65. The van der Waals surface area contributed by atoms with Crippen LogP contribution in [-0.2, 0) is 9.47 Å². The number of amides is 1. The van der Waals surface area contributed by atoms with E-state index in [1.807, 2.05) is 0 Å². The number of esters is 1. The number of nitrogens with one attached hydrogen (secondary N) is 1. The van der Waals surface area contributed by atoms with Gasteiger partial charge in [0.15, 0.2) is 0 Å². The average molecular weight is 295 g/mol. The van der Waals surface area contributed by atoms with Gasteiger partial charge in [-0.05, 0) is 38.5 Å². The Kier molecular flexibility index (Phi) is 5.72. The molecule has 0 aromatic heterocycles. The van der Waals surface area contributed by atoms with E-state index >= 15 is 0 Å². The van der Waals surface area contributed by atoms with Crippen LogP contribution >= 0.6 is 0 Å². The summed E-state index contributed by atoms with van der Waals surface area (Å²) in [4.78, 5) is 22.8. The average Bonchev–Trinajstić information content (AvgIpc) is 2.42. The predicted molar refractivity (Wildman–Crippen MR) is 77.0 cm³/mol. The Hall–Kier alpha value is -2.08. The van der Waals surface area contributed by atoms with Crippen LogP contribution in [0.3, 0.4) is 0 Å². The van der Waals surface area contributed by atoms with Gasteiger partial charge < -0.3 is 19.9 Å². The summed E-state index contributed by atoms with van der Waals surface area (Å²) in [5.74, 6) is -0.442. The van der Waals surface area contributed by atoms with Crippen LogP contribution in [0.1, 0.15) is 42.8 Å². The molecule has 2 N–H and O–H groups in total. The lowest BCUT2D eigenvalue weighted by Gasteiger charge is -2.20. The van der Waals surface area contributed by atoms with Crippen molar-refractivity contribution >= 4 is 12.1 Å². The molecule has 0 aliphatic heterocycles. The molecule has 0 bridgehead atoms. The largest absolute Gasteiger partial charge is 0.465 e. The van der Waals surface area contributed by atoms with Crippen molar-refractivity contribution in [3.05, 3.63) is 35.4 Å². The Morgan fingerprint density at radius 3 is 2.29 bits per heavy atom. The van der Waals surface area contributed by atoms with Gasteiger partial charge in [0.1, 0.15) is 5.60 Å². The summed E-state index contributed by atoms with van der Waals surface area (Å²) in [6.07, 6.45) is -1.48. The summed E-state index contributed by atoms with van der Waals surface area (Å²) in [5.41, 5.74) is 0.393. The van der Waals surface area contributed by atoms with Crippen LogP contribution in [0.5, 0.6) is 0 Å². The van der Waals surface area contributed by atoms with Gasteiger partial charge in [-0.25, -0.2) is 9.59 Å². The molecule has 0 saturated heterocycles. The van der Waals surface area contributed by atoms with Crippen LogP contribution < -0.4 is 5.32 Å². The first-order valence-electron chi connectivity index (χ1n) is 6.56. The lowest BCUT2D eigenvalue weighted by atomic mass is 10.1. The van der Waals surface area contributed by atoms with Crippen LogP contribution in [0.15, 0.2) is 24.3 Å². The minimum atomic E-state index is -0.885. The number of ether oxygens (including phenoxy) is 2. The SMILES string of the molecule is COC(=O)c1ccc([C@H](O)CNC(=O)OC(C)(C)C)cc1. The van der Waals surface area contributed by atoms with Crippen molar-refractivity contribution in [2.75, 3.05) is 13.7 Å². The summed E-state index contributed by atoms with van der Waals surface area (Å²) in [6, 6.07) is 6.32. The fourth-order valence-corrected chi connectivity index (χ4v) is 1.57. The molecule has 1 aromatic carbocycles. The van der Waals surface area contributed by atoms with Gasteiger partial charge in [-0.1, -0.05) is 12.1 Å². The number of benzene rings is 1. The molecule has 0 aliphatic rings. The molecule has 21 heavy (non-hydrogen) atoms. The van der Waals surface area contributed by atoms with Gasteiger partial charge in [0.25, 0.3) is 0 Å². The summed E-state index contributed by atoms with van der Waals surface area (Å²) >= 11 is 0. The molecule has 0 radical (unpaired) electrons. The molecule has 0 spiro atoms. The highest BCUT2D eigenvalue weighted by atomic mass is 16.6. The Morgan fingerprint density at radius 2 is 1.81 bits per heavy atom. The Balaban J connectivity index is 2.54. The zero-order chi connectivity index (χ0) is 16.0. The lowest BCUT2D eigenvalue weighted by Crippen LogP contribution is -2.34. The highest BCUT2D eigenvalue weighted by molar-refractivity contribution is 5.89. The summed E-state index contributed by atoms with van der Waals surface area (Å²) in [6.45, 7) is 5.30. The second-order valence-electron chi connectivity index (χ2n) is 5.51. The topological polar surface area (TPSA) is 84.9 Å². The van der Waals surface area contributed by atoms with Crippen molar-refractivity contribution in [1.82, 2.24) is 5.32 Å². The number of alkyl carbamates (subject to hydrolysis) is 1. The predicted octanol–water partition coefficient (Wildman–Crippen LogP) is 2.03. The minimum absolute atomic E-state index is 0.0203. The maximum Gasteiger partial charge on any atom is 0.407 e. The molecule has 6 nitrogen and oxygen atoms in total. The minimum Gasteiger partial charge on any atom is -0.465 e. The van der Waals surface area contributed by atoms with E-state index in [9.17, 15) is 14.7 Å².